The lowest BCUT2D eigenvalue weighted by Gasteiger charge is -2.47. The monoisotopic (exact) mass is 558 g/mol. The Balaban J connectivity index is 1.38. The average Bonchev–Trinajstić information content (AvgIpc) is 3.05. The fourth-order valence-corrected chi connectivity index (χ4v) is 7.00. The number of carbonyl (C=O) groups excluding carboxylic acids is 1. The molecule has 0 unspecified atom stereocenters. The first-order valence-corrected chi connectivity index (χ1v) is 15.6. The van der Waals surface area contributed by atoms with Crippen molar-refractivity contribution in [1.29, 1.82) is 0 Å². The Hall–Kier alpha value is -1.08. The van der Waals surface area contributed by atoms with E-state index in [2.05, 4.69) is 77.7 Å². The molecule has 3 atom stereocenters. The van der Waals surface area contributed by atoms with Crippen molar-refractivity contribution in [2.24, 2.45) is 17.3 Å². The lowest BCUT2D eigenvalue weighted by atomic mass is 9.61. The molecule has 1 N–H and O–H groups in total. The first kappa shape index (κ1) is 30.9. The van der Waals surface area contributed by atoms with Crippen LogP contribution in [-0.4, -0.2) is 54.3 Å². The smallest absolute Gasteiger partial charge is 0.403 e. The fraction of sp³-hybridized carbons (Fsp3) is 0.781. The van der Waals surface area contributed by atoms with Crippen LogP contribution >= 0.6 is 11.6 Å². The number of benzene rings is 1. The number of piperidine rings is 1. The first-order chi connectivity index (χ1) is 18.1. The van der Waals surface area contributed by atoms with Gasteiger partial charge in [0.25, 0.3) is 0 Å². The minimum absolute atomic E-state index is 0.163. The number of halogens is 1. The summed E-state index contributed by atoms with van der Waals surface area (Å²) in [5, 5.41) is 4.15. The molecule has 3 fully saturated rings. The summed E-state index contributed by atoms with van der Waals surface area (Å²) in [6.45, 7) is 20.1. The van der Waals surface area contributed by atoms with Crippen molar-refractivity contribution in [1.82, 2.24) is 10.2 Å². The topological polar surface area (TPSA) is 50.8 Å². The third-order valence-electron chi connectivity index (χ3n) is 10.1. The van der Waals surface area contributed by atoms with Gasteiger partial charge < -0.3 is 19.5 Å². The summed E-state index contributed by atoms with van der Waals surface area (Å²) < 4.78 is 12.5. The molecule has 39 heavy (non-hydrogen) atoms. The maximum atomic E-state index is 13.8. The van der Waals surface area contributed by atoms with E-state index in [0.29, 0.717) is 17.8 Å². The van der Waals surface area contributed by atoms with Crippen LogP contribution in [0.15, 0.2) is 24.3 Å². The van der Waals surface area contributed by atoms with Crippen LogP contribution in [0.2, 0.25) is 11.3 Å². The number of hydrogen-bond donors (Lipinski definition) is 1. The SMILES string of the molecule is CC(C)(C)NC(=O)[C@@]1(C)C[C@H](CCB2OC(C)(C)C(C)(C)O2)CC[C@H]1CN1CCC(c2ccc(Cl)cc2)CC1. The molecule has 1 aromatic rings. The summed E-state index contributed by atoms with van der Waals surface area (Å²) >= 11 is 6.11. The molecule has 1 amide bonds. The third kappa shape index (κ3) is 7.42. The van der Waals surface area contributed by atoms with E-state index in [1.54, 1.807) is 0 Å². The predicted octanol–water partition coefficient (Wildman–Crippen LogP) is 7.34. The Morgan fingerprint density at radius 1 is 1.00 bits per heavy atom. The van der Waals surface area contributed by atoms with E-state index in [1.165, 1.54) is 12.0 Å². The summed E-state index contributed by atoms with van der Waals surface area (Å²) in [6, 6.07) is 8.38. The molecule has 1 aromatic carbocycles. The van der Waals surface area contributed by atoms with Crippen LogP contribution in [0, 0.1) is 17.3 Å². The Kier molecular flexibility index (Phi) is 9.23. The standard InChI is InChI=1S/C32H52BClN2O3/c1-29(2,3)35-28(37)32(8)21-23(15-18-33-38-30(4,5)31(6,7)39-33)9-12-26(32)22-36-19-16-25(17-20-36)24-10-13-27(34)14-11-24/h10-11,13-14,23,25-26H,9,12,15-22H2,1-8H3,(H,35,37)/t23-,26-,32-/m0/s1. The summed E-state index contributed by atoms with van der Waals surface area (Å²) in [5.74, 6) is 1.68. The molecule has 1 aliphatic carbocycles. The molecular formula is C32H52BClN2O3. The van der Waals surface area contributed by atoms with Gasteiger partial charge in [-0.15, -0.1) is 0 Å². The minimum atomic E-state index is -0.376. The van der Waals surface area contributed by atoms with Crippen LogP contribution in [0.25, 0.3) is 0 Å². The Morgan fingerprint density at radius 2 is 1.59 bits per heavy atom. The zero-order valence-electron chi connectivity index (χ0n) is 25.7. The minimum Gasteiger partial charge on any atom is -0.403 e. The second-order valence-electron chi connectivity index (χ2n) is 14.9. The molecule has 2 heterocycles. The van der Waals surface area contributed by atoms with Gasteiger partial charge in [-0.25, -0.2) is 0 Å². The van der Waals surface area contributed by atoms with Crippen molar-refractivity contribution < 1.29 is 14.1 Å². The molecule has 0 bridgehead atoms. The van der Waals surface area contributed by atoms with Gasteiger partial charge in [-0.2, -0.15) is 0 Å². The summed E-state index contributed by atoms with van der Waals surface area (Å²) in [4.78, 5) is 16.5. The van der Waals surface area contributed by atoms with Gasteiger partial charge in [-0.1, -0.05) is 43.5 Å². The van der Waals surface area contributed by atoms with Crippen LogP contribution < -0.4 is 5.32 Å². The van der Waals surface area contributed by atoms with E-state index in [1.807, 2.05) is 12.1 Å². The number of nitrogens with zero attached hydrogens (tertiary/aromatic N) is 1. The van der Waals surface area contributed by atoms with Crippen molar-refractivity contribution in [2.75, 3.05) is 19.6 Å². The molecule has 2 aliphatic heterocycles. The quantitative estimate of drug-likeness (QED) is 0.356. The van der Waals surface area contributed by atoms with Crippen LogP contribution in [0.1, 0.15) is 105 Å². The number of amides is 1. The molecule has 2 saturated heterocycles. The number of nitrogens with one attached hydrogen (secondary N) is 1. The summed E-state index contributed by atoms with van der Waals surface area (Å²) in [5.41, 5.74) is 0.196. The van der Waals surface area contributed by atoms with Gasteiger partial charge in [0.15, 0.2) is 0 Å². The second-order valence-corrected chi connectivity index (χ2v) is 15.3. The largest absolute Gasteiger partial charge is 0.457 e. The lowest BCUT2D eigenvalue weighted by molar-refractivity contribution is -0.139. The molecule has 7 heteroatoms. The van der Waals surface area contributed by atoms with Gasteiger partial charge in [0.05, 0.1) is 16.6 Å². The highest BCUT2D eigenvalue weighted by atomic mass is 35.5. The second kappa shape index (κ2) is 11.7. The predicted molar refractivity (Wildman–Crippen MR) is 162 cm³/mol. The molecule has 5 nitrogen and oxygen atoms in total. The van der Waals surface area contributed by atoms with Crippen LogP contribution in [0.3, 0.4) is 0 Å². The third-order valence-corrected chi connectivity index (χ3v) is 10.3. The number of hydrogen-bond acceptors (Lipinski definition) is 4. The Morgan fingerprint density at radius 3 is 2.15 bits per heavy atom. The van der Waals surface area contributed by atoms with Gasteiger partial charge in [0, 0.05) is 17.1 Å². The van der Waals surface area contributed by atoms with E-state index in [4.69, 9.17) is 20.9 Å². The van der Waals surface area contributed by atoms with Crippen molar-refractivity contribution in [3.63, 3.8) is 0 Å². The molecule has 4 rings (SSSR count). The lowest BCUT2D eigenvalue weighted by Crippen LogP contribution is -2.55. The van der Waals surface area contributed by atoms with Gasteiger partial charge >= 0.3 is 7.12 Å². The van der Waals surface area contributed by atoms with Crippen molar-refractivity contribution >= 4 is 24.6 Å². The number of carbonyl (C=O) groups is 1. The van der Waals surface area contributed by atoms with Gasteiger partial charge in [-0.3, -0.25) is 4.79 Å². The number of likely N-dealkylation sites (tertiary alicyclic amines) is 1. The zero-order valence-corrected chi connectivity index (χ0v) is 26.5. The van der Waals surface area contributed by atoms with Crippen molar-refractivity contribution in [2.45, 2.75) is 123 Å². The fourth-order valence-electron chi connectivity index (χ4n) is 6.87. The normalized spacial score (nSPS) is 29.9. The molecule has 0 radical (unpaired) electrons. The van der Waals surface area contributed by atoms with Gasteiger partial charge in [-0.05, 0) is 129 Å². The molecule has 3 aliphatic rings. The molecule has 218 valence electrons. The van der Waals surface area contributed by atoms with Crippen LogP contribution in [0.5, 0.6) is 0 Å². The van der Waals surface area contributed by atoms with E-state index in [0.717, 1.165) is 63.1 Å². The van der Waals surface area contributed by atoms with Gasteiger partial charge in [0.1, 0.15) is 0 Å². The highest BCUT2D eigenvalue weighted by Crippen LogP contribution is 2.47. The molecule has 0 aromatic heterocycles. The van der Waals surface area contributed by atoms with Crippen molar-refractivity contribution in [3.05, 3.63) is 34.9 Å². The first-order valence-electron chi connectivity index (χ1n) is 15.2. The van der Waals surface area contributed by atoms with Gasteiger partial charge in [0.2, 0.25) is 5.91 Å². The summed E-state index contributed by atoms with van der Waals surface area (Å²) in [6.07, 6.45) is 7.45. The van der Waals surface area contributed by atoms with E-state index >= 15 is 0 Å². The van der Waals surface area contributed by atoms with Crippen LogP contribution in [-0.2, 0) is 14.1 Å². The van der Waals surface area contributed by atoms with E-state index < -0.39 is 0 Å². The number of rotatable bonds is 7. The average molecular weight is 559 g/mol. The molecule has 0 spiro atoms. The molecule has 1 saturated carbocycles. The zero-order chi connectivity index (χ0) is 28.6. The maximum Gasteiger partial charge on any atom is 0.457 e. The van der Waals surface area contributed by atoms with Crippen LogP contribution in [0.4, 0.5) is 0 Å². The van der Waals surface area contributed by atoms with E-state index in [-0.39, 0.29) is 35.2 Å². The highest BCUT2D eigenvalue weighted by Gasteiger charge is 2.52. The highest BCUT2D eigenvalue weighted by molar-refractivity contribution is 6.45. The Labute approximate surface area is 243 Å². The van der Waals surface area contributed by atoms with Crippen molar-refractivity contribution in [3.8, 4) is 0 Å². The Bertz CT molecular complexity index is 968. The maximum absolute atomic E-state index is 13.8. The summed E-state index contributed by atoms with van der Waals surface area (Å²) in [7, 11) is -0.163. The van der Waals surface area contributed by atoms with E-state index in [9.17, 15) is 4.79 Å². The molecular weight excluding hydrogens is 507 g/mol.